The highest BCUT2D eigenvalue weighted by Crippen LogP contribution is 2.47. The molecular weight excluding hydrogens is 150 g/mol. The summed E-state index contributed by atoms with van der Waals surface area (Å²) in [5.41, 5.74) is 0.132. The Kier molecular flexibility index (Phi) is 2.05. The molecule has 2 heteroatoms. The molecule has 1 heterocycles. The second kappa shape index (κ2) is 2.46. The van der Waals surface area contributed by atoms with Gasteiger partial charge in [0.05, 0.1) is 0 Å². The Morgan fingerprint density at radius 2 is 1.33 bits per heavy atom. The van der Waals surface area contributed by atoms with Gasteiger partial charge in [-0.15, -0.1) is 0 Å². The van der Waals surface area contributed by atoms with Gasteiger partial charge in [-0.2, -0.15) is 0 Å². The van der Waals surface area contributed by atoms with Crippen molar-refractivity contribution >= 4 is 0 Å². The van der Waals surface area contributed by atoms with Crippen LogP contribution in [0.4, 0.5) is 0 Å². The van der Waals surface area contributed by atoms with Gasteiger partial charge in [0, 0.05) is 10.8 Å². The summed E-state index contributed by atoms with van der Waals surface area (Å²) in [4.78, 5) is 0. The van der Waals surface area contributed by atoms with E-state index in [2.05, 4.69) is 46.9 Å². The molecule has 1 aliphatic rings. The predicted molar refractivity (Wildman–Crippen MR) is 50.7 cm³/mol. The fraction of sp³-hybridized carbons (Fsp3) is 1.00. The molecule has 1 N–H and O–H groups in total. The van der Waals surface area contributed by atoms with Crippen molar-refractivity contribution in [2.75, 3.05) is 6.73 Å². The van der Waals surface area contributed by atoms with Crippen LogP contribution in [0, 0.1) is 10.8 Å². The van der Waals surface area contributed by atoms with Crippen LogP contribution in [0.5, 0.6) is 0 Å². The van der Waals surface area contributed by atoms with Gasteiger partial charge in [-0.05, 0) is 0 Å². The minimum absolute atomic E-state index is 0.142. The second-order valence-electron chi connectivity index (χ2n) is 5.65. The molecule has 0 atom stereocenters. The lowest BCUT2D eigenvalue weighted by Gasteiger charge is -2.59. The Morgan fingerprint density at radius 3 is 1.33 bits per heavy atom. The van der Waals surface area contributed by atoms with E-state index in [0.29, 0.717) is 6.73 Å². The number of rotatable bonds is 0. The lowest BCUT2D eigenvalue weighted by molar-refractivity contribution is -0.288. The average Bonchev–Trinajstić information content (AvgIpc) is 1.47. The molecule has 1 rings (SSSR count). The SMILES string of the molecule is CC(C)(C)C1(C(C)(C)C)NCO1. The quantitative estimate of drug-likeness (QED) is 0.604. The monoisotopic (exact) mass is 171 g/mol. The van der Waals surface area contributed by atoms with Crippen LogP contribution >= 0.6 is 0 Å². The highest BCUT2D eigenvalue weighted by molar-refractivity contribution is 5.02. The van der Waals surface area contributed by atoms with E-state index in [-0.39, 0.29) is 16.6 Å². The van der Waals surface area contributed by atoms with Crippen LogP contribution in [0.25, 0.3) is 0 Å². The molecule has 0 unspecified atom stereocenters. The van der Waals surface area contributed by atoms with E-state index in [1.165, 1.54) is 0 Å². The summed E-state index contributed by atoms with van der Waals surface area (Å²) in [6.45, 7) is 14.0. The molecular formula is C10H21NO. The van der Waals surface area contributed by atoms with Crippen LogP contribution in [-0.2, 0) is 4.74 Å². The summed E-state index contributed by atoms with van der Waals surface area (Å²) in [5.74, 6) is 0. The number of ether oxygens (including phenoxy) is 1. The minimum atomic E-state index is -0.153. The van der Waals surface area contributed by atoms with E-state index in [0.717, 1.165) is 0 Å². The standard InChI is InChI=1S/C10H21NO/c1-8(2,3)10(9(4,5)6)11-7-12-10/h11H,7H2,1-6H3. The molecule has 1 aliphatic heterocycles. The summed E-state index contributed by atoms with van der Waals surface area (Å²) in [7, 11) is 0. The van der Waals surface area contributed by atoms with Crippen molar-refractivity contribution in [3.05, 3.63) is 0 Å². The van der Waals surface area contributed by atoms with Crippen molar-refractivity contribution in [3.8, 4) is 0 Å². The third kappa shape index (κ3) is 1.17. The third-order valence-electron chi connectivity index (χ3n) is 2.72. The van der Waals surface area contributed by atoms with Crippen LogP contribution in [0.1, 0.15) is 41.5 Å². The van der Waals surface area contributed by atoms with Crippen molar-refractivity contribution in [2.45, 2.75) is 47.3 Å². The van der Waals surface area contributed by atoms with E-state index in [1.54, 1.807) is 0 Å². The lowest BCUT2D eigenvalue weighted by Crippen LogP contribution is -2.73. The van der Waals surface area contributed by atoms with Gasteiger partial charge in [-0.25, -0.2) is 0 Å². The largest absolute Gasteiger partial charge is 0.344 e. The van der Waals surface area contributed by atoms with Crippen LogP contribution in [0.2, 0.25) is 0 Å². The first-order valence-corrected chi connectivity index (χ1v) is 4.60. The van der Waals surface area contributed by atoms with Gasteiger partial charge >= 0.3 is 0 Å². The van der Waals surface area contributed by atoms with Crippen LogP contribution < -0.4 is 5.32 Å². The van der Waals surface area contributed by atoms with Crippen LogP contribution in [0.15, 0.2) is 0 Å². The van der Waals surface area contributed by atoms with Gasteiger partial charge in [0.25, 0.3) is 0 Å². The summed E-state index contributed by atoms with van der Waals surface area (Å²) in [6, 6.07) is 0. The maximum Gasteiger partial charge on any atom is 0.132 e. The van der Waals surface area contributed by atoms with Crippen molar-refractivity contribution < 1.29 is 4.74 Å². The molecule has 2 nitrogen and oxygen atoms in total. The van der Waals surface area contributed by atoms with E-state index >= 15 is 0 Å². The predicted octanol–water partition coefficient (Wildman–Crippen LogP) is 2.35. The molecule has 0 aromatic rings. The highest BCUT2D eigenvalue weighted by atomic mass is 16.6. The van der Waals surface area contributed by atoms with Gasteiger partial charge in [0.15, 0.2) is 0 Å². The Balaban J connectivity index is 2.92. The zero-order chi connectivity index (χ0) is 9.62. The first-order valence-electron chi connectivity index (χ1n) is 4.60. The molecule has 0 aromatic carbocycles. The molecule has 0 spiro atoms. The van der Waals surface area contributed by atoms with Crippen molar-refractivity contribution in [1.29, 1.82) is 0 Å². The molecule has 0 amide bonds. The average molecular weight is 171 g/mol. The lowest BCUT2D eigenvalue weighted by atomic mass is 9.67. The third-order valence-corrected chi connectivity index (χ3v) is 2.72. The smallest absolute Gasteiger partial charge is 0.132 e. The van der Waals surface area contributed by atoms with E-state index in [9.17, 15) is 0 Å². The van der Waals surface area contributed by atoms with Gasteiger partial charge < -0.3 is 4.74 Å². The van der Waals surface area contributed by atoms with E-state index < -0.39 is 0 Å². The highest BCUT2D eigenvalue weighted by Gasteiger charge is 2.56. The normalized spacial score (nSPS) is 23.5. The first kappa shape index (κ1) is 10.0. The summed E-state index contributed by atoms with van der Waals surface area (Å²) in [6.07, 6.45) is 0. The van der Waals surface area contributed by atoms with Crippen molar-refractivity contribution in [2.24, 2.45) is 10.8 Å². The Labute approximate surface area is 75.7 Å². The second-order valence-corrected chi connectivity index (χ2v) is 5.65. The zero-order valence-corrected chi connectivity index (χ0v) is 9.12. The number of nitrogens with one attached hydrogen (secondary N) is 1. The maximum atomic E-state index is 5.74. The van der Waals surface area contributed by atoms with E-state index in [1.807, 2.05) is 0 Å². The van der Waals surface area contributed by atoms with Crippen LogP contribution in [0.3, 0.4) is 0 Å². The Bertz CT molecular complexity index is 153. The number of hydrogen-bond donors (Lipinski definition) is 1. The zero-order valence-electron chi connectivity index (χ0n) is 9.12. The first-order chi connectivity index (χ1) is 5.21. The fourth-order valence-corrected chi connectivity index (χ4v) is 2.30. The molecule has 0 aromatic heterocycles. The fourth-order valence-electron chi connectivity index (χ4n) is 2.30. The summed E-state index contributed by atoms with van der Waals surface area (Å²) < 4.78 is 5.74. The van der Waals surface area contributed by atoms with Gasteiger partial charge in [0.2, 0.25) is 0 Å². The molecule has 72 valence electrons. The molecule has 0 radical (unpaired) electrons. The maximum absolute atomic E-state index is 5.74. The number of hydrogen-bond acceptors (Lipinski definition) is 2. The van der Waals surface area contributed by atoms with E-state index in [4.69, 9.17) is 4.74 Å². The van der Waals surface area contributed by atoms with Gasteiger partial charge in [0.1, 0.15) is 12.5 Å². The van der Waals surface area contributed by atoms with Gasteiger partial charge in [-0.1, -0.05) is 41.5 Å². The minimum Gasteiger partial charge on any atom is -0.344 e. The summed E-state index contributed by atoms with van der Waals surface area (Å²) in [5, 5.41) is 3.42. The van der Waals surface area contributed by atoms with Crippen molar-refractivity contribution in [1.82, 2.24) is 5.32 Å². The van der Waals surface area contributed by atoms with Crippen LogP contribution in [-0.4, -0.2) is 12.5 Å². The molecule has 0 bridgehead atoms. The van der Waals surface area contributed by atoms with Crippen molar-refractivity contribution in [3.63, 3.8) is 0 Å². The molecule has 0 saturated carbocycles. The molecule has 1 saturated heterocycles. The Hall–Kier alpha value is -0.0800. The summed E-state index contributed by atoms with van der Waals surface area (Å²) >= 11 is 0. The molecule has 0 aliphatic carbocycles. The topological polar surface area (TPSA) is 21.3 Å². The Morgan fingerprint density at radius 1 is 1.00 bits per heavy atom. The molecule has 1 fully saturated rings. The van der Waals surface area contributed by atoms with Gasteiger partial charge in [-0.3, -0.25) is 5.32 Å². The molecule has 12 heavy (non-hydrogen) atoms.